The molecule has 1 fully saturated rings. The lowest BCUT2D eigenvalue weighted by atomic mass is 9.80. The van der Waals surface area contributed by atoms with Crippen molar-refractivity contribution in [3.05, 3.63) is 101 Å². The smallest absolute Gasteiger partial charge is 0.123 e. The Morgan fingerprint density at radius 3 is 2.11 bits per heavy atom. The first-order valence-electron chi connectivity index (χ1n) is 12.8. The Balaban J connectivity index is 1.65. The van der Waals surface area contributed by atoms with Crippen LogP contribution in [0, 0.1) is 5.92 Å². The van der Waals surface area contributed by atoms with Gasteiger partial charge in [-0.1, -0.05) is 86.6 Å². The van der Waals surface area contributed by atoms with E-state index >= 15 is 0 Å². The zero-order valence-corrected chi connectivity index (χ0v) is 21.5. The average molecular weight is 473 g/mol. The molecule has 0 bridgehead atoms. The van der Waals surface area contributed by atoms with Gasteiger partial charge in [-0.15, -0.1) is 0 Å². The Hall–Kier alpha value is -2.66. The fraction of sp³-hybridized carbons (Fsp3) is 0.419. The van der Waals surface area contributed by atoms with E-state index in [4.69, 9.17) is 9.47 Å². The average Bonchev–Trinajstić information content (AvgIpc) is 3.29. The van der Waals surface area contributed by atoms with Crippen LogP contribution in [0.3, 0.4) is 0 Å². The molecule has 186 valence electrons. The lowest BCUT2D eigenvalue weighted by Gasteiger charge is -2.32. The summed E-state index contributed by atoms with van der Waals surface area (Å²) in [5, 5.41) is 7.88. The standard InChI is InChI=1S/C31H40N2O2/c1-22(2)25-15-16-28(35-4)27(19-25)21-32-30-26(17-18-34-3)20-33-31(30)29(23-11-7-5-8-12-23)24-13-9-6-10-14-24/h5-16,19,22,26,29-33H,17-18,20-21H2,1-4H3. The van der Waals surface area contributed by atoms with Crippen molar-refractivity contribution in [1.29, 1.82) is 0 Å². The summed E-state index contributed by atoms with van der Waals surface area (Å²) in [5.74, 6) is 2.16. The van der Waals surface area contributed by atoms with Crippen molar-refractivity contribution < 1.29 is 9.47 Å². The number of hydrogen-bond donors (Lipinski definition) is 2. The molecule has 3 atom stereocenters. The van der Waals surface area contributed by atoms with E-state index < -0.39 is 0 Å². The summed E-state index contributed by atoms with van der Waals surface area (Å²) in [6.45, 7) is 6.99. The summed E-state index contributed by atoms with van der Waals surface area (Å²) in [6.07, 6.45) is 1.02. The van der Waals surface area contributed by atoms with Gasteiger partial charge in [-0.25, -0.2) is 0 Å². The second-order valence-electron chi connectivity index (χ2n) is 9.91. The summed E-state index contributed by atoms with van der Waals surface area (Å²) >= 11 is 0. The highest BCUT2D eigenvalue weighted by Gasteiger charge is 2.40. The normalized spacial score (nSPS) is 20.0. The van der Waals surface area contributed by atoms with Crippen LogP contribution in [0.2, 0.25) is 0 Å². The predicted molar refractivity (Wildman–Crippen MR) is 144 cm³/mol. The lowest BCUT2D eigenvalue weighted by Crippen LogP contribution is -2.46. The monoisotopic (exact) mass is 472 g/mol. The molecule has 4 rings (SSSR count). The van der Waals surface area contributed by atoms with Crippen LogP contribution in [0.15, 0.2) is 78.9 Å². The van der Waals surface area contributed by atoms with E-state index in [-0.39, 0.29) is 12.0 Å². The first-order valence-corrected chi connectivity index (χ1v) is 12.8. The molecule has 3 aromatic rings. The maximum atomic E-state index is 5.72. The largest absolute Gasteiger partial charge is 0.496 e. The molecule has 0 radical (unpaired) electrons. The molecular formula is C31H40N2O2. The highest BCUT2D eigenvalue weighted by molar-refractivity contribution is 5.39. The molecule has 0 saturated carbocycles. The van der Waals surface area contributed by atoms with E-state index in [1.54, 1.807) is 14.2 Å². The van der Waals surface area contributed by atoms with Crippen LogP contribution in [0.5, 0.6) is 5.75 Å². The molecule has 4 nitrogen and oxygen atoms in total. The molecule has 4 heteroatoms. The van der Waals surface area contributed by atoms with Gasteiger partial charge in [-0.3, -0.25) is 0 Å². The quantitative estimate of drug-likeness (QED) is 0.374. The molecule has 3 unspecified atom stereocenters. The first kappa shape index (κ1) is 25.4. The molecule has 0 aliphatic carbocycles. The lowest BCUT2D eigenvalue weighted by molar-refractivity contribution is 0.172. The van der Waals surface area contributed by atoms with E-state index in [1.165, 1.54) is 22.3 Å². The topological polar surface area (TPSA) is 42.5 Å². The maximum Gasteiger partial charge on any atom is 0.123 e. The highest BCUT2D eigenvalue weighted by Crippen LogP contribution is 2.35. The van der Waals surface area contributed by atoms with Gasteiger partial charge < -0.3 is 20.1 Å². The van der Waals surface area contributed by atoms with Gasteiger partial charge in [0.15, 0.2) is 0 Å². The Bertz CT molecular complexity index is 999. The highest BCUT2D eigenvalue weighted by atomic mass is 16.5. The summed E-state index contributed by atoms with van der Waals surface area (Å²) in [4.78, 5) is 0. The third kappa shape index (κ3) is 6.13. The van der Waals surface area contributed by atoms with Crippen molar-refractivity contribution in [2.45, 2.75) is 50.7 Å². The number of benzene rings is 3. The minimum Gasteiger partial charge on any atom is -0.496 e. The zero-order valence-electron chi connectivity index (χ0n) is 21.5. The van der Waals surface area contributed by atoms with Crippen LogP contribution in [0.1, 0.15) is 54.4 Å². The third-order valence-electron chi connectivity index (χ3n) is 7.38. The van der Waals surface area contributed by atoms with Crippen LogP contribution in [0.4, 0.5) is 0 Å². The number of ether oxygens (including phenoxy) is 2. The number of rotatable bonds is 11. The first-order chi connectivity index (χ1) is 17.1. The van der Waals surface area contributed by atoms with Gasteiger partial charge in [0.1, 0.15) is 5.75 Å². The van der Waals surface area contributed by atoms with Crippen molar-refractivity contribution in [3.8, 4) is 5.75 Å². The van der Waals surface area contributed by atoms with Crippen LogP contribution < -0.4 is 15.4 Å². The number of methoxy groups -OCH3 is 2. The molecule has 1 aliphatic heterocycles. The van der Waals surface area contributed by atoms with Crippen LogP contribution in [-0.4, -0.2) is 39.5 Å². The predicted octanol–water partition coefficient (Wildman–Crippen LogP) is 5.73. The molecule has 2 N–H and O–H groups in total. The van der Waals surface area contributed by atoms with Gasteiger partial charge in [0, 0.05) is 43.8 Å². The van der Waals surface area contributed by atoms with Crippen molar-refractivity contribution in [3.63, 3.8) is 0 Å². The van der Waals surface area contributed by atoms with Crippen molar-refractivity contribution in [2.75, 3.05) is 27.4 Å². The fourth-order valence-electron chi connectivity index (χ4n) is 5.46. The Morgan fingerprint density at radius 2 is 1.54 bits per heavy atom. The van der Waals surface area contributed by atoms with Gasteiger partial charge in [0.2, 0.25) is 0 Å². The number of hydrogen-bond acceptors (Lipinski definition) is 4. The summed E-state index contributed by atoms with van der Waals surface area (Å²) < 4.78 is 11.2. The van der Waals surface area contributed by atoms with Gasteiger partial charge in [-0.2, -0.15) is 0 Å². The summed E-state index contributed by atoms with van der Waals surface area (Å²) in [7, 11) is 3.55. The molecule has 1 heterocycles. The minimum atomic E-state index is 0.256. The molecule has 1 saturated heterocycles. The Labute approximate surface area is 211 Å². The second-order valence-corrected chi connectivity index (χ2v) is 9.91. The van der Waals surface area contributed by atoms with Crippen molar-refractivity contribution in [2.24, 2.45) is 5.92 Å². The fourth-order valence-corrected chi connectivity index (χ4v) is 5.46. The van der Waals surface area contributed by atoms with E-state index in [0.717, 1.165) is 31.9 Å². The molecule has 35 heavy (non-hydrogen) atoms. The molecular weight excluding hydrogens is 432 g/mol. The van der Waals surface area contributed by atoms with Crippen LogP contribution in [0.25, 0.3) is 0 Å². The van der Waals surface area contributed by atoms with Crippen molar-refractivity contribution >= 4 is 0 Å². The Morgan fingerprint density at radius 1 is 0.886 bits per heavy atom. The van der Waals surface area contributed by atoms with Gasteiger partial charge in [0.25, 0.3) is 0 Å². The molecule has 3 aromatic carbocycles. The maximum absolute atomic E-state index is 5.72. The van der Waals surface area contributed by atoms with Gasteiger partial charge >= 0.3 is 0 Å². The van der Waals surface area contributed by atoms with Crippen LogP contribution >= 0.6 is 0 Å². The Kier molecular flexibility index (Phi) is 8.97. The van der Waals surface area contributed by atoms with E-state index in [9.17, 15) is 0 Å². The van der Waals surface area contributed by atoms with Crippen LogP contribution in [-0.2, 0) is 11.3 Å². The third-order valence-corrected chi connectivity index (χ3v) is 7.38. The van der Waals surface area contributed by atoms with E-state index in [2.05, 4.69) is 103 Å². The van der Waals surface area contributed by atoms with Crippen molar-refractivity contribution in [1.82, 2.24) is 10.6 Å². The molecule has 1 aliphatic rings. The molecule has 0 amide bonds. The van der Waals surface area contributed by atoms with E-state index in [1.807, 2.05) is 0 Å². The van der Waals surface area contributed by atoms with Gasteiger partial charge in [0.05, 0.1) is 7.11 Å². The summed E-state index contributed by atoms with van der Waals surface area (Å²) in [5.41, 5.74) is 5.24. The number of nitrogens with one attached hydrogen (secondary N) is 2. The van der Waals surface area contributed by atoms with Gasteiger partial charge in [-0.05, 0) is 47.6 Å². The molecule has 0 aromatic heterocycles. The minimum absolute atomic E-state index is 0.256. The van der Waals surface area contributed by atoms with E-state index in [0.29, 0.717) is 17.9 Å². The zero-order chi connectivity index (χ0) is 24.6. The molecule has 0 spiro atoms. The SMILES string of the molecule is COCCC1CNC(C(c2ccccc2)c2ccccc2)C1NCc1cc(C(C)C)ccc1OC. The second kappa shape index (κ2) is 12.3. The summed E-state index contributed by atoms with van der Waals surface area (Å²) in [6, 6.07) is 28.9.